The highest BCUT2D eigenvalue weighted by Gasteiger charge is 2.21. The molecule has 1 fully saturated rings. The molecule has 0 amide bonds. The zero-order chi connectivity index (χ0) is 11.5. The zero-order valence-electron chi connectivity index (χ0n) is 9.89. The van der Waals surface area contributed by atoms with Crippen LogP contribution in [-0.4, -0.2) is 53.1 Å². The highest BCUT2D eigenvalue weighted by molar-refractivity contribution is 7.09. The summed E-state index contributed by atoms with van der Waals surface area (Å²) in [4.78, 5) is 4.67. The molecule has 16 heavy (non-hydrogen) atoms. The average molecular weight is 241 g/mol. The van der Waals surface area contributed by atoms with Crippen molar-refractivity contribution in [3.05, 3.63) is 5.69 Å². The summed E-state index contributed by atoms with van der Waals surface area (Å²) in [6.45, 7) is 4.35. The van der Waals surface area contributed by atoms with Crippen molar-refractivity contribution in [2.75, 3.05) is 39.5 Å². The van der Waals surface area contributed by atoms with Crippen LogP contribution in [0.1, 0.15) is 12.1 Å². The van der Waals surface area contributed by atoms with Gasteiger partial charge in [-0.2, -0.15) is 0 Å². The number of likely N-dealkylation sites (tertiary alicyclic amines) is 1. The van der Waals surface area contributed by atoms with Crippen LogP contribution in [-0.2, 0) is 6.54 Å². The van der Waals surface area contributed by atoms with E-state index in [0.29, 0.717) is 0 Å². The van der Waals surface area contributed by atoms with Gasteiger partial charge in [-0.25, -0.2) is 0 Å². The van der Waals surface area contributed by atoms with Crippen molar-refractivity contribution in [3.8, 4) is 0 Å². The van der Waals surface area contributed by atoms with Gasteiger partial charge in [-0.3, -0.25) is 0 Å². The van der Waals surface area contributed by atoms with Gasteiger partial charge in [0.05, 0.1) is 0 Å². The van der Waals surface area contributed by atoms with Crippen molar-refractivity contribution in [2.45, 2.75) is 13.0 Å². The fraction of sp³-hybridized carbons (Fsp3) is 0.800. The molecular formula is C10H19N5S. The maximum atomic E-state index is 5.78. The Morgan fingerprint density at radius 1 is 1.62 bits per heavy atom. The lowest BCUT2D eigenvalue weighted by atomic mass is 10.1. The maximum absolute atomic E-state index is 5.78. The molecular weight excluding hydrogens is 222 g/mol. The van der Waals surface area contributed by atoms with Crippen LogP contribution in [0.5, 0.6) is 0 Å². The summed E-state index contributed by atoms with van der Waals surface area (Å²) in [5.41, 5.74) is 6.69. The van der Waals surface area contributed by atoms with E-state index in [1.165, 1.54) is 31.0 Å². The minimum absolute atomic E-state index is 0.746. The van der Waals surface area contributed by atoms with Gasteiger partial charge in [0.25, 0.3) is 0 Å². The molecule has 1 aromatic rings. The molecule has 2 rings (SSSR count). The highest BCUT2D eigenvalue weighted by atomic mass is 32.1. The Balaban J connectivity index is 1.80. The van der Waals surface area contributed by atoms with Crippen LogP contribution in [0.4, 0.5) is 5.00 Å². The number of rotatable bonds is 4. The van der Waals surface area contributed by atoms with Gasteiger partial charge in [-0.15, -0.1) is 5.10 Å². The molecule has 5 nitrogen and oxygen atoms in total. The van der Waals surface area contributed by atoms with E-state index in [2.05, 4.69) is 33.5 Å². The smallest absolute Gasteiger partial charge is 0.132 e. The minimum Gasteiger partial charge on any atom is -0.388 e. The first-order chi connectivity index (χ1) is 7.65. The van der Waals surface area contributed by atoms with Crippen LogP contribution in [0.25, 0.3) is 0 Å². The Hall–Kier alpha value is -0.720. The minimum atomic E-state index is 0.746. The molecule has 0 radical (unpaired) electrons. The van der Waals surface area contributed by atoms with E-state index in [-0.39, 0.29) is 0 Å². The van der Waals surface area contributed by atoms with Gasteiger partial charge in [0.2, 0.25) is 0 Å². The summed E-state index contributed by atoms with van der Waals surface area (Å²) in [5.74, 6) is 0.780. The number of anilines is 1. The summed E-state index contributed by atoms with van der Waals surface area (Å²) in [5, 5.41) is 4.78. The molecule has 1 atom stereocenters. The first-order valence-electron chi connectivity index (χ1n) is 5.59. The van der Waals surface area contributed by atoms with Crippen LogP contribution in [0.3, 0.4) is 0 Å². The van der Waals surface area contributed by atoms with E-state index in [9.17, 15) is 0 Å². The monoisotopic (exact) mass is 241 g/mol. The molecule has 0 spiro atoms. The van der Waals surface area contributed by atoms with E-state index in [1.54, 1.807) is 0 Å². The fourth-order valence-corrected chi connectivity index (χ4v) is 2.70. The van der Waals surface area contributed by atoms with Crippen molar-refractivity contribution < 1.29 is 0 Å². The van der Waals surface area contributed by atoms with Crippen LogP contribution >= 0.6 is 11.5 Å². The van der Waals surface area contributed by atoms with Crippen LogP contribution in [0, 0.1) is 5.92 Å². The van der Waals surface area contributed by atoms with Gasteiger partial charge < -0.3 is 15.5 Å². The number of aromatic nitrogens is 2. The van der Waals surface area contributed by atoms with Gasteiger partial charge in [0, 0.05) is 31.2 Å². The number of nitrogens with zero attached hydrogens (tertiary/aromatic N) is 4. The van der Waals surface area contributed by atoms with E-state index in [4.69, 9.17) is 5.73 Å². The molecule has 2 N–H and O–H groups in total. The summed E-state index contributed by atoms with van der Waals surface area (Å²) >= 11 is 1.27. The van der Waals surface area contributed by atoms with Crippen LogP contribution < -0.4 is 5.73 Å². The van der Waals surface area contributed by atoms with E-state index >= 15 is 0 Å². The molecule has 0 saturated carbocycles. The van der Waals surface area contributed by atoms with Gasteiger partial charge >= 0.3 is 0 Å². The van der Waals surface area contributed by atoms with Crippen molar-refractivity contribution >= 4 is 16.5 Å². The fourth-order valence-electron chi connectivity index (χ4n) is 2.26. The Morgan fingerprint density at radius 3 is 3.00 bits per heavy atom. The Kier molecular flexibility index (Phi) is 3.73. The third-order valence-electron chi connectivity index (χ3n) is 3.06. The first kappa shape index (κ1) is 11.8. The average Bonchev–Trinajstić information content (AvgIpc) is 2.77. The molecule has 90 valence electrons. The Labute approximate surface area is 100 Å². The summed E-state index contributed by atoms with van der Waals surface area (Å²) < 4.78 is 3.85. The van der Waals surface area contributed by atoms with E-state index in [1.807, 2.05) is 0 Å². The number of nitrogen functional groups attached to an aromatic ring is 1. The topological polar surface area (TPSA) is 58.3 Å². The summed E-state index contributed by atoms with van der Waals surface area (Å²) in [7, 11) is 4.31. The van der Waals surface area contributed by atoms with E-state index in [0.717, 1.165) is 29.7 Å². The second kappa shape index (κ2) is 5.07. The normalized spacial score (nSPS) is 22.1. The van der Waals surface area contributed by atoms with Crippen molar-refractivity contribution in [2.24, 2.45) is 5.92 Å². The quantitative estimate of drug-likeness (QED) is 0.832. The van der Waals surface area contributed by atoms with E-state index < -0.39 is 0 Å². The summed E-state index contributed by atoms with van der Waals surface area (Å²) in [6.07, 6.45) is 1.30. The molecule has 0 bridgehead atoms. The number of hydrogen-bond donors (Lipinski definition) is 1. The van der Waals surface area contributed by atoms with Crippen molar-refractivity contribution in [1.29, 1.82) is 0 Å². The number of hydrogen-bond acceptors (Lipinski definition) is 6. The SMILES string of the molecule is CN1CCC(CN(C)Cc2nnsc2N)C1. The lowest BCUT2D eigenvalue weighted by Crippen LogP contribution is -2.27. The molecule has 6 heteroatoms. The Bertz CT molecular complexity index is 340. The molecule has 1 aliphatic rings. The second-order valence-electron chi connectivity index (χ2n) is 4.70. The predicted molar refractivity (Wildman–Crippen MR) is 66.3 cm³/mol. The van der Waals surface area contributed by atoms with Gasteiger partial charge in [-0.1, -0.05) is 4.49 Å². The van der Waals surface area contributed by atoms with Crippen LogP contribution in [0.15, 0.2) is 0 Å². The molecule has 1 unspecified atom stereocenters. The third kappa shape index (κ3) is 2.90. The molecule has 1 aromatic heterocycles. The van der Waals surface area contributed by atoms with Crippen LogP contribution in [0.2, 0.25) is 0 Å². The molecule has 1 saturated heterocycles. The largest absolute Gasteiger partial charge is 0.388 e. The Morgan fingerprint density at radius 2 is 2.44 bits per heavy atom. The zero-order valence-corrected chi connectivity index (χ0v) is 10.7. The number of nitrogens with two attached hydrogens (primary N) is 1. The lowest BCUT2D eigenvalue weighted by molar-refractivity contribution is 0.265. The first-order valence-corrected chi connectivity index (χ1v) is 6.36. The second-order valence-corrected chi connectivity index (χ2v) is 5.48. The molecule has 1 aliphatic heterocycles. The molecule has 0 aromatic carbocycles. The predicted octanol–water partition coefficient (Wildman–Crippen LogP) is 0.504. The van der Waals surface area contributed by atoms with Gasteiger partial charge in [-0.05, 0) is 33.0 Å². The summed E-state index contributed by atoms with van der Waals surface area (Å²) in [6, 6.07) is 0. The van der Waals surface area contributed by atoms with Crippen molar-refractivity contribution in [1.82, 2.24) is 19.4 Å². The molecule has 0 aliphatic carbocycles. The lowest BCUT2D eigenvalue weighted by Gasteiger charge is -2.19. The van der Waals surface area contributed by atoms with Gasteiger partial charge in [0.1, 0.15) is 10.7 Å². The van der Waals surface area contributed by atoms with Gasteiger partial charge in [0.15, 0.2) is 0 Å². The standard InChI is InChI=1S/C10H19N5S/c1-14-4-3-8(5-14)6-15(2)7-9-10(11)16-13-12-9/h8H,3-7,11H2,1-2H3. The maximum Gasteiger partial charge on any atom is 0.132 e. The van der Waals surface area contributed by atoms with Crippen molar-refractivity contribution in [3.63, 3.8) is 0 Å². The molecule has 2 heterocycles. The highest BCUT2D eigenvalue weighted by Crippen LogP contribution is 2.18. The third-order valence-corrected chi connectivity index (χ3v) is 3.66.